The van der Waals surface area contributed by atoms with Crippen LogP contribution in [0.5, 0.6) is 0 Å². The summed E-state index contributed by atoms with van der Waals surface area (Å²) in [6.07, 6.45) is 19.5. The Morgan fingerprint density at radius 2 is 1.03 bits per heavy atom. The molecule has 6 aromatic heterocycles. The fourth-order valence-electron chi connectivity index (χ4n) is 9.86. The Bertz CT molecular complexity index is 3160. The van der Waals surface area contributed by atoms with E-state index in [0.717, 1.165) is 100 Å². The first-order chi connectivity index (χ1) is 33.2. The number of hydrogen-bond acceptors (Lipinski definition) is 10. The van der Waals surface area contributed by atoms with Crippen LogP contribution in [-0.4, -0.2) is 76.0 Å². The third-order valence-electron chi connectivity index (χ3n) is 12.9. The molecule has 0 bridgehead atoms. The molecule has 8 heterocycles. The van der Waals surface area contributed by atoms with Crippen LogP contribution in [0.2, 0.25) is 10.0 Å². The molecule has 9 aromatic rings. The lowest BCUT2D eigenvalue weighted by atomic mass is 9.97. The second kappa shape index (κ2) is 20.2. The number of nitrogens with one attached hydrogen (secondary N) is 4. The van der Waals surface area contributed by atoms with E-state index in [1.54, 1.807) is 12.4 Å². The lowest BCUT2D eigenvalue weighted by Gasteiger charge is -2.28. The quantitative estimate of drug-likeness (QED) is 0.0938. The van der Waals surface area contributed by atoms with E-state index in [-0.39, 0.29) is 12.1 Å². The first-order valence-corrected chi connectivity index (χ1v) is 24.5. The summed E-state index contributed by atoms with van der Waals surface area (Å²) in [4.78, 5) is 28.8. The maximum absolute atomic E-state index is 6.40. The van der Waals surface area contributed by atoms with E-state index in [0.29, 0.717) is 34.2 Å². The van der Waals surface area contributed by atoms with Crippen molar-refractivity contribution in [3.05, 3.63) is 156 Å². The molecule has 0 radical (unpaired) electrons. The summed E-state index contributed by atoms with van der Waals surface area (Å²) in [5, 5.41) is 18.3. The highest BCUT2D eigenvalue weighted by Crippen LogP contribution is 2.40. The van der Waals surface area contributed by atoms with Crippen molar-refractivity contribution >= 4 is 45.3 Å². The van der Waals surface area contributed by atoms with Crippen LogP contribution in [0.1, 0.15) is 77.1 Å². The van der Waals surface area contributed by atoms with Crippen molar-refractivity contribution in [2.75, 3.05) is 13.1 Å². The summed E-state index contributed by atoms with van der Waals surface area (Å²) < 4.78 is 4.28. The standard InChI is InChI=1S/C29H30N6.C25H26Cl2N6/c1-19(2)33-27(24-8-5-13-31-24)29-34-26(21-11-14-30-15-12-21)25(28-32-16-17-35(28)29)23-10-9-20-6-3-4-7-22(20)18-23;1-15(2)31-23(20-4-3-9-29-20)25-32-22(16-7-10-28-11-8-16)21(24-30-12-13-33(24)25)17-5-6-18(26)19(27)14-17/h3-4,6-7,9-12,14-19,24,27,31,33H,5,8,13H2,1-2H3;5-8,10-15,20,23,29,31H,3-4,9H2,1-2H3. The van der Waals surface area contributed by atoms with Crippen molar-refractivity contribution in [1.82, 2.24) is 60.0 Å². The van der Waals surface area contributed by atoms with Gasteiger partial charge in [0, 0.05) is 84.9 Å². The van der Waals surface area contributed by atoms with E-state index in [4.69, 9.17) is 43.1 Å². The molecular formula is C54H56Cl2N12. The van der Waals surface area contributed by atoms with Crippen molar-refractivity contribution in [2.24, 2.45) is 0 Å². The van der Waals surface area contributed by atoms with Crippen molar-refractivity contribution in [1.29, 1.82) is 0 Å². The molecule has 346 valence electrons. The number of imidazole rings is 2. The predicted octanol–water partition coefficient (Wildman–Crippen LogP) is 11.0. The van der Waals surface area contributed by atoms with Gasteiger partial charge in [-0.2, -0.15) is 0 Å². The minimum Gasteiger partial charge on any atom is -0.312 e. The van der Waals surface area contributed by atoms with Gasteiger partial charge in [0.25, 0.3) is 0 Å². The highest BCUT2D eigenvalue weighted by Gasteiger charge is 2.33. The van der Waals surface area contributed by atoms with Gasteiger partial charge in [-0.1, -0.05) is 93.4 Å². The van der Waals surface area contributed by atoms with Gasteiger partial charge in [-0.3, -0.25) is 18.8 Å². The monoisotopic (exact) mass is 942 g/mol. The molecule has 2 aliphatic heterocycles. The van der Waals surface area contributed by atoms with Crippen LogP contribution in [0, 0.1) is 0 Å². The van der Waals surface area contributed by atoms with E-state index < -0.39 is 0 Å². The summed E-state index contributed by atoms with van der Waals surface area (Å²) in [6, 6.07) is 30.1. The van der Waals surface area contributed by atoms with Gasteiger partial charge in [0.2, 0.25) is 0 Å². The second-order valence-electron chi connectivity index (χ2n) is 18.3. The molecule has 12 nitrogen and oxygen atoms in total. The Morgan fingerprint density at radius 1 is 0.544 bits per heavy atom. The average Bonchev–Trinajstić information content (AvgIpc) is 4.22. The fraction of sp³-hybridized carbons (Fsp3) is 0.296. The Hall–Kier alpha value is -6.12. The van der Waals surface area contributed by atoms with E-state index in [1.807, 2.05) is 79.6 Å². The van der Waals surface area contributed by atoms with Crippen LogP contribution in [0.15, 0.2) is 135 Å². The van der Waals surface area contributed by atoms with Crippen LogP contribution in [0.3, 0.4) is 0 Å². The van der Waals surface area contributed by atoms with E-state index >= 15 is 0 Å². The number of pyridine rings is 2. The van der Waals surface area contributed by atoms with Gasteiger partial charge in [-0.05, 0) is 103 Å². The highest BCUT2D eigenvalue weighted by molar-refractivity contribution is 6.42. The Labute approximate surface area is 407 Å². The highest BCUT2D eigenvalue weighted by atomic mass is 35.5. The summed E-state index contributed by atoms with van der Waals surface area (Å²) >= 11 is 12.6. The zero-order valence-corrected chi connectivity index (χ0v) is 40.3. The number of rotatable bonds is 12. The zero-order valence-electron chi connectivity index (χ0n) is 38.7. The van der Waals surface area contributed by atoms with E-state index in [1.165, 1.54) is 17.2 Å². The zero-order chi connectivity index (χ0) is 46.7. The first-order valence-electron chi connectivity index (χ1n) is 23.7. The molecule has 4 unspecified atom stereocenters. The fourth-order valence-corrected chi connectivity index (χ4v) is 10.2. The molecule has 0 saturated carbocycles. The molecule has 11 rings (SSSR count). The smallest absolute Gasteiger partial charge is 0.148 e. The molecular weight excluding hydrogens is 888 g/mol. The molecule has 68 heavy (non-hydrogen) atoms. The maximum Gasteiger partial charge on any atom is 0.148 e. The topological polar surface area (TPSA) is 134 Å². The van der Waals surface area contributed by atoms with Crippen LogP contribution in [-0.2, 0) is 0 Å². The summed E-state index contributed by atoms with van der Waals surface area (Å²) in [5.74, 6) is 1.92. The molecule has 0 aliphatic carbocycles. The Kier molecular flexibility index (Phi) is 13.6. The van der Waals surface area contributed by atoms with Crippen LogP contribution >= 0.6 is 23.2 Å². The average molecular weight is 944 g/mol. The summed E-state index contributed by atoms with van der Waals surface area (Å²) in [5.41, 5.74) is 9.52. The molecule has 2 saturated heterocycles. The summed E-state index contributed by atoms with van der Waals surface area (Å²) in [6.45, 7) is 10.8. The van der Waals surface area contributed by atoms with Crippen LogP contribution in [0.25, 0.3) is 66.8 Å². The molecule has 0 spiro atoms. The number of hydrogen-bond donors (Lipinski definition) is 4. The van der Waals surface area contributed by atoms with Gasteiger partial charge < -0.3 is 21.3 Å². The van der Waals surface area contributed by atoms with Crippen molar-refractivity contribution < 1.29 is 0 Å². The number of halogens is 2. The van der Waals surface area contributed by atoms with Crippen molar-refractivity contribution in [3.63, 3.8) is 0 Å². The van der Waals surface area contributed by atoms with E-state index in [2.05, 4.69) is 110 Å². The SMILES string of the molecule is CC(C)NC(c1nc(-c2ccncc2)c(-c2ccc(Cl)c(Cl)c2)c2nccn12)C1CCCN1.CC(C)NC(c1nc(-c2ccncc2)c(-c2ccc3ccccc3c2)c2nccn12)C1CCCN1. The van der Waals surface area contributed by atoms with Gasteiger partial charge in [-0.15, -0.1) is 0 Å². The molecule has 4 N–H and O–H groups in total. The Morgan fingerprint density at radius 3 is 1.50 bits per heavy atom. The molecule has 14 heteroatoms. The van der Waals surface area contributed by atoms with Crippen LogP contribution in [0.4, 0.5) is 0 Å². The summed E-state index contributed by atoms with van der Waals surface area (Å²) in [7, 11) is 0. The molecule has 2 fully saturated rings. The maximum atomic E-state index is 6.40. The van der Waals surface area contributed by atoms with Gasteiger partial charge in [0.1, 0.15) is 22.9 Å². The number of fused-ring (bicyclic) bond motifs is 3. The van der Waals surface area contributed by atoms with E-state index in [9.17, 15) is 0 Å². The largest absolute Gasteiger partial charge is 0.312 e. The second-order valence-corrected chi connectivity index (χ2v) is 19.1. The van der Waals surface area contributed by atoms with Gasteiger partial charge in [0.15, 0.2) is 0 Å². The van der Waals surface area contributed by atoms with Gasteiger partial charge in [-0.25, -0.2) is 19.9 Å². The van der Waals surface area contributed by atoms with Crippen molar-refractivity contribution in [3.8, 4) is 44.8 Å². The minimum absolute atomic E-state index is 0.0349. The molecule has 4 atom stereocenters. The number of aromatic nitrogens is 8. The van der Waals surface area contributed by atoms with Gasteiger partial charge in [0.05, 0.1) is 44.6 Å². The Balaban J connectivity index is 0.000000159. The number of nitrogens with zero attached hydrogens (tertiary/aromatic N) is 8. The minimum atomic E-state index is 0.0349. The van der Waals surface area contributed by atoms with Crippen molar-refractivity contribution in [2.45, 2.75) is 89.6 Å². The lowest BCUT2D eigenvalue weighted by molar-refractivity contribution is 0.367. The van der Waals surface area contributed by atoms with Gasteiger partial charge >= 0.3 is 0 Å². The number of benzene rings is 3. The normalized spacial score (nSPS) is 17.1. The third kappa shape index (κ3) is 9.37. The molecule has 3 aromatic carbocycles. The lowest BCUT2D eigenvalue weighted by Crippen LogP contribution is -2.42. The molecule has 2 aliphatic rings. The van der Waals surface area contributed by atoms with Crippen LogP contribution < -0.4 is 21.3 Å². The third-order valence-corrected chi connectivity index (χ3v) is 13.6. The first kappa shape index (κ1) is 45.7. The molecule has 0 amide bonds. The predicted molar refractivity (Wildman–Crippen MR) is 275 cm³/mol.